The van der Waals surface area contributed by atoms with Crippen LogP contribution in [0, 0.1) is 0 Å². The van der Waals surface area contributed by atoms with Crippen LogP contribution in [-0.4, -0.2) is 81.9 Å². The zero-order valence-corrected chi connectivity index (χ0v) is 33.6. The number of rotatable bonds is 14. The largest absolute Gasteiger partial charge is 0.507 e. The Balaban J connectivity index is 1.22. The molecule has 1 aliphatic heterocycles. The summed E-state index contributed by atoms with van der Waals surface area (Å²) in [4.78, 5) is 41.8. The summed E-state index contributed by atoms with van der Waals surface area (Å²) in [6.45, 7) is 2.23. The van der Waals surface area contributed by atoms with Gasteiger partial charge in [-0.15, -0.1) is 0 Å². The van der Waals surface area contributed by atoms with E-state index in [4.69, 9.17) is 28.4 Å². The lowest BCUT2D eigenvalue weighted by Crippen LogP contribution is -2.47. The number of methoxy groups -OCH3 is 1. The third kappa shape index (κ3) is 7.92. The topological polar surface area (TPSA) is 188 Å². The monoisotopic (exact) mass is 830 g/mol. The molecule has 316 valence electrons. The maximum Gasteiger partial charge on any atom is 0.316 e. The summed E-state index contributed by atoms with van der Waals surface area (Å²) in [6, 6.07) is 32.5. The lowest BCUT2D eigenvalue weighted by molar-refractivity contribution is -0.221. The van der Waals surface area contributed by atoms with Crippen molar-refractivity contribution in [2.75, 3.05) is 13.7 Å². The Hall–Kier alpha value is -5.93. The predicted octanol–water partition coefficient (Wildman–Crippen LogP) is 6.55. The Morgan fingerprint density at radius 1 is 0.705 bits per heavy atom. The first-order valence-corrected chi connectivity index (χ1v) is 20.1. The third-order valence-electron chi connectivity index (χ3n) is 11.8. The summed E-state index contributed by atoms with van der Waals surface area (Å²) in [5.41, 5.74) is -1.62. The second kappa shape index (κ2) is 17.6. The maximum absolute atomic E-state index is 14.1. The molecule has 0 amide bonds. The van der Waals surface area contributed by atoms with E-state index in [0.717, 1.165) is 23.8 Å². The molecule has 4 N–H and O–H groups in total. The van der Waals surface area contributed by atoms with Crippen LogP contribution in [0.2, 0.25) is 0 Å². The summed E-state index contributed by atoms with van der Waals surface area (Å²) < 4.78 is 37.9. The predicted molar refractivity (Wildman–Crippen MR) is 218 cm³/mol. The molecule has 13 heteroatoms. The van der Waals surface area contributed by atoms with E-state index in [-0.39, 0.29) is 61.5 Å². The number of aliphatic hydroxyl groups is 1. The number of phenols is 3. The van der Waals surface area contributed by atoms with Crippen LogP contribution in [0.1, 0.15) is 91.4 Å². The molecule has 0 unspecified atom stereocenters. The van der Waals surface area contributed by atoms with Crippen LogP contribution < -0.4 is 0 Å². The second-order valence-corrected chi connectivity index (χ2v) is 15.4. The van der Waals surface area contributed by atoms with Gasteiger partial charge in [0, 0.05) is 23.1 Å². The molecule has 1 saturated heterocycles. The molecule has 1 heterocycles. The van der Waals surface area contributed by atoms with E-state index >= 15 is 0 Å². The number of benzene rings is 5. The quantitative estimate of drug-likeness (QED) is 0.0685. The van der Waals surface area contributed by atoms with Gasteiger partial charge in [-0.25, -0.2) is 0 Å². The van der Waals surface area contributed by atoms with Crippen LogP contribution in [0.15, 0.2) is 109 Å². The van der Waals surface area contributed by atoms with E-state index in [9.17, 15) is 34.8 Å². The first-order chi connectivity index (χ1) is 29.5. The Morgan fingerprint density at radius 2 is 1.26 bits per heavy atom. The Kier molecular flexibility index (Phi) is 12.0. The third-order valence-corrected chi connectivity index (χ3v) is 11.8. The van der Waals surface area contributed by atoms with E-state index < -0.39 is 88.1 Å². The molecule has 7 atom stereocenters. The minimum Gasteiger partial charge on any atom is -0.507 e. The van der Waals surface area contributed by atoms with Gasteiger partial charge in [0.15, 0.2) is 12.1 Å². The molecule has 2 aliphatic carbocycles. The van der Waals surface area contributed by atoms with Crippen LogP contribution in [0.3, 0.4) is 0 Å². The normalized spacial score (nSPS) is 24.2. The van der Waals surface area contributed by atoms with Gasteiger partial charge in [0.25, 0.3) is 0 Å². The molecule has 13 nitrogen and oxygen atoms in total. The average Bonchev–Trinajstić information content (AvgIpc) is 3.60. The standard InChI is InChI=1S/C48H46O13/c1-3-48(55)22-32(35-36(39(48)46(54)56-2)43(53)37-38(42(35)52)41(51)34-30(40(37)50)20-13-21-31(34)49)60-47-45(59-25-29-18-11-6-12-19-29)44(58-24-28-16-9-5-10-17-28)33(61-47)26-57-23-27-14-7-4-8-15-27/h4-21,32-33,39,44-45,47,49,52-53,55H,3,22-26H2,1-2H3/t32-,33+,39-,44+,45-,47+,48+/m0/s1. The molecule has 8 rings (SSSR count). The minimum atomic E-state index is -1.97. The van der Waals surface area contributed by atoms with Crippen molar-refractivity contribution in [1.82, 2.24) is 0 Å². The highest BCUT2D eigenvalue weighted by molar-refractivity contribution is 6.31. The number of fused-ring (bicyclic) bond motifs is 3. The van der Waals surface area contributed by atoms with Gasteiger partial charge in [-0.1, -0.05) is 110 Å². The Labute approximate surface area is 352 Å². The van der Waals surface area contributed by atoms with Crippen LogP contribution in [0.5, 0.6) is 17.2 Å². The Morgan fingerprint density at radius 3 is 1.85 bits per heavy atom. The lowest BCUT2D eigenvalue weighted by Gasteiger charge is -2.44. The number of esters is 1. The van der Waals surface area contributed by atoms with Gasteiger partial charge >= 0.3 is 5.97 Å². The van der Waals surface area contributed by atoms with E-state index in [1.165, 1.54) is 18.2 Å². The van der Waals surface area contributed by atoms with Crippen LogP contribution >= 0.6 is 0 Å². The van der Waals surface area contributed by atoms with Crippen molar-refractivity contribution < 1.29 is 63.2 Å². The van der Waals surface area contributed by atoms with Crippen molar-refractivity contribution in [3.8, 4) is 17.2 Å². The molecule has 5 aromatic carbocycles. The van der Waals surface area contributed by atoms with Gasteiger partial charge in [-0.3, -0.25) is 14.4 Å². The van der Waals surface area contributed by atoms with Crippen LogP contribution in [0.4, 0.5) is 0 Å². The summed E-state index contributed by atoms with van der Waals surface area (Å²) in [7, 11) is 1.11. The number of hydrogen-bond acceptors (Lipinski definition) is 13. The van der Waals surface area contributed by atoms with Crippen molar-refractivity contribution in [3.05, 3.63) is 159 Å². The molecule has 1 fully saturated rings. The summed E-state index contributed by atoms with van der Waals surface area (Å²) >= 11 is 0. The molecule has 0 spiro atoms. The second-order valence-electron chi connectivity index (χ2n) is 15.4. The lowest BCUT2D eigenvalue weighted by atomic mass is 9.66. The zero-order chi connectivity index (χ0) is 42.8. The maximum atomic E-state index is 14.1. The van der Waals surface area contributed by atoms with E-state index in [1.54, 1.807) is 6.92 Å². The zero-order valence-electron chi connectivity index (χ0n) is 33.6. The van der Waals surface area contributed by atoms with Gasteiger partial charge < -0.3 is 48.8 Å². The van der Waals surface area contributed by atoms with Gasteiger partial charge in [0.1, 0.15) is 41.5 Å². The van der Waals surface area contributed by atoms with Crippen molar-refractivity contribution in [1.29, 1.82) is 0 Å². The fraction of sp³-hybridized carbons (Fsp3) is 0.312. The number of ether oxygens (including phenoxy) is 6. The molecule has 0 aromatic heterocycles. The number of hydrogen-bond donors (Lipinski definition) is 4. The van der Waals surface area contributed by atoms with Crippen molar-refractivity contribution in [2.45, 2.75) is 81.8 Å². The summed E-state index contributed by atoms with van der Waals surface area (Å²) in [5, 5.41) is 47.4. The number of aromatic hydroxyl groups is 3. The number of phenolic OH excluding ortho intramolecular Hbond substituents is 3. The smallest absolute Gasteiger partial charge is 0.316 e. The fourth-order valence-electron chi connectivity index (χ4n) is 8.65. The van der Waals surface area contributed by atoms with Gasteiger partial charge in [-0.2, -0.15) is 0 Å². The highest BCUT2D eigenvalue weighted by atomic mass is 16.7. The van der Waals surface area contributed by atoms with Crippen molar-refractivity contribution in [3.63, 3.8) is 0 Å². The van der Waals surface area contributed by atoms with Crippen molar-refractivity contribution in [2.24, 2.45) is 0 Å². The molecule has 61 heavy (non-hydrogen) atoms. The molecule has 5 aromatic rings. The SMILES string of the molecule is CC[C@@]1(O)C[C@H](O[C@@H]2O[C@H](COCc3ccccc3)[C@@H](OCc3ccccc3)[C@@H]2OCc2ccccc2)c2c(O)c3c(c(O)c2[C@H]1C(=O)OC)C(=O)c1cccc(O)c1C3=O. The minimum absolute atomic E-state index is 0.0447. The molecular weight excluding hydrogens is 785 g/mol. The van der Waals surface area contributed by atoms with E-state index in [1.807, 2.05) is 91.0 Å². The van der Waals surface area contributed by atoms with Gasteiger partial charge in [0.2, 0.25) is 5.78 Å². The van der Waals surface area contributed by atoms with Crippen LogP contribution in [0.25, 0.3) is 0 Å². The van der Waals surface area contributed by atoms with Gasteiger partial charge in [0.05, 0.1) is 61.9 Å². The average molecular weight is 831 g/mol. The fourth-order valence-corrected chi connectivity index (χ4v) is 8.65. The molecule has 0 bridgehead atoms. The number of carbonyl (C=O) groups is 3. The number of ketones is 2. The summed E-state index contributed by atoms with van der Waals surface area (Å²) in [6.07, 6.45) is -5.65. The van der Waals surface area contributed by atoms with E-state index in [0.29, 0.717) is 0 Å². The first-order valence-electron chi connectivity index (χ1n) is 20.1. The molecular formula is C48H46O13. The summed E-state index contributed by atoms with van der Waals surface area (Å²) in [5.74, 6) is -6.49. The van der Waals surface area contributed by atoms with Gasteiger partial charge in [-0.05, 0) is 29.2 Å². The Bertz CT molecular complexity index is 2400. The first kappa shape index (κ1) is 41.8. The van der Waals surface area contributed by atoms with Crippen molar-refractivity contribution >= 4 is 17.5 Å². The number of carbonyl (C=O) groups excluding carboxylic acids is 3. The molecule has 0 saturated carbocycles. The highest BCUT2D eigenvalue weighted by Crippen LogP contribution is 2.57. The molecule has 0 radical (unpaired) electrons. The molecule has 3 aliphatic rings. The van der Waals surface area contributed by atoms with E-state index in [2.05, 4.69) is 0 Å². The van der Waals surface area contributed by atoms with Crippen LogP contribution in [-0.2, 0) is 53.0 Å². The highest BCUT2D eigenvalue weighted by Gasteiger charge is 2.56.